The average Bonchev–Trinajstić information content (AvgIpc) is 3.32. The zero-order chi connectivity index (χ0) is 17.1. The van der Waals surface area contributed by atoms with Gasteiger partial charge in [-0.2, -0.15) is 13.2 Å². The second kappa shape index (κ2) is 4.85. The first-order chi connectivity index (χ1) is 11.4. The van der Waals surface area contributed by atoms with Crippen molar-refractivity contribution >= 4 is 11.6 Å². The number of benzene rings is 2. The van der Waals surface area contributed by atoms with E-state index in [-0.39, 0.29) is 6.42 Å². The lowest BCUT2D eigenvalue weighted by molar-refractivity contribution is -0.168. The zero-order valence-corrected chi connectivity index (χ0v) is 13.0. The molecule has 2 fully saturated rings. The van der Waals surface area contributed by atoms with Crippen LogP contribution in [-0.2, 0) is 4.79 Å². The van der Waals surface area contributed by atoms with Crippen molar-refractivity contribution in [2.75, 3.05) is 4.90 Å². The second-order valence-electron chi connectivity index (χ2n) is 6.66. The molecule has 2 aliphatic rings. The number of carbonyl (C=O) groups excluding carboxylic acids is 1. The number of anilines is 1. The van der Waals surface area contributed by atoms with E-state index >= 15 is 0 Å². The highest BCUT2D eigenvalue weighted by molar-refractivity contribution is 6.08. The summed E-state index contributed by atoms with van der Waals surface area (Å²) in [7, 11) is 0. The summed E-state index contributed by atoms with van der Waals surface area (Å²) in [6.45, 7) is 1.93. The van der Waals surface area contributed by atoms with Gasteiger partial charge in [-0.15, -0.1) is 0 Å². The number of amides is 1. The molecule has 1 saturated heterocycles. The Bertz CT molecular complexity index is 785. The van der Waals surface area contributed by atoms with Crippen LogP contribution in [0, 0.1) is 18.3 Å². The lowest BCUT2D eigenvalue weighted by Gasteiger charge is -2.49. The number of β-lactam (4-membered cyclic amide) rings is 1. The van der Waals surface area contributed by atoms with E-state index in [1.807, 2.05) is 25.1 Å². The Balaban J connectivity index is 1.76. The summed E-state index contributed by atoms with van der Waals surface area (Å²) in [6, 6.07) is 15.8. The van der Waals surface area contributed by atoms with Crippen molar-refractivity contribution in [2.45, 2.75) is 25.6 Å². The van der Waals surface area contributed by atoms with Gasteiger partial charge in [-0.05, 0) is 31.0 Å². The Kier molecular flexibility index (Phi) is 3.08. The minimum Gasteiger partial charge on any atom is -0.303 e. The number of hydrogen-bond donors (Lipinski definition) is 0. The first kappa shape index (κ1) is 15.2. The van der Waals surface area contributed by atoms with Gasteiger partial charge in [-0.25, -0.2) is 0 Å². The zero-order valence-electron chi connectivity index (χ0n) is 13.0. The fraction of sp³-hybridized carbons (Fsp3) is 0.316. The number of nitrogens with zero attached hydrogens (tertiary/aromatic N) is 1. The number of hydrogen-bond acceptors (Lipinski definition) is 1. The van der Waals surface area contributed by atoms with Gasteiger partial charge >= 0.3 is 6.18 Å². The Morgan fingerprint density at radius 2 is 1.67 bits per heavy atom. The van der Waals surface area contributed by atoms with E-state index in [1.165, 1.54) is 4.90 Å². The molecule has 3 atom stereocenters. The largest absolute Gasteiger partial charge is 0.392 e. The van der Waals surface area contributed by atoms with E-state index in [0.29, 0.717) is 5.69 Å². The van der Waals surface area contributed by atoms with E-state index < -0.39 is 29.5 Å². The lowest BCUT2D eigenvalue weighted by Crippen LogP contribution is -2.59. The van der Waals surface area contributed by atoms with Crippen molar-refractivity contribution in [1.29, 1.82) is 0 Å². The molecule has 1 unspecified atom stereocenters. The highest BCUT2D eigenvalue weighted by atomic mass is 19.4. The molecule has 2 aromatic carbocycles. The predicted octanol–water partition coefficient (Wildman–Crippen LogP) is 4.65. The molecule has 1 saturated carbocycles. The van der Waals surface area contributed by atoms with Gasteiger partial charge in [-0.3, -0.25) is 4.79 Å². The highest BCUT2D eigenvalue weighted by Gasteiger charge is 2.81. The molecule has 124 valence electrons. The summed E-state index contributed by atoms with van der Waals surface area (Å²) in [5.74, 6) is -1.95. The van der Waals surface area contributed by atoms with Crippen LogP contribution >= 0.6 is 0 Å². The molecule has 1 aliphatic heterocycles. The van der Waals surface area contributed by atoms with Gasteiger partial charge in [0.2, 0.25) is 5.91 Å². The second-order valence-corrected chi connectivity index (χ2v) is 6.66. The fourth-order valence-corrected chi connectivity index (χ4v) is 3.90. The van der Waals surface area contributed by atoms with Crippen molar-refractivity contribution in [2.24, 2.45) is 11.3 Å². The Hall–Kier alpha value is -2.30. The molecule has 2 nitrogen and oxygen atoms in total. The van der Waals surface area contributed by atoms with Crippen LogP contribution in [0.25, 0.3) is 0 Å². The summed E-state index contributed by atoms with van der Waals surface area (Å²) in [5, 5.41) is 0. The van der Waals surface area contributed by atoms with Crippen LogP contribution in [0.1, 0.15) is 23.6 Å². The molecule has 0 radical (unpaired) electrons. The SMILES string of the molecule is Cc1ccc(N2C(=O)[C@@]3(CC3C(F)(F)F)[C@H]2c2ccccc2)cc1. The molecule has 0 N–H and O–H groups in total. The Labute approximate surface area is 137 Å². The summed E-state index contributed by atoms with van der Waals surface area (Å²) in [6.07, 6.45) is -4.45. The van der Waals surface area contributed by atoms with E-state index in [9.17, 15) is 18.0 Å². The number of carbonyl (C=O) groups is 1. The van der Waals surface area contributed by atoms with Gasteiger partial charge in [0.1, 0.15) is 0 Å². The minimum atomic E-state index is -4.33. The molecule has 2 aromatic rings. The van der Waals surface area contributed by atoms with E-state index in [4.69, 9.17) is 0 Å². The molecule has 24 heavy (non-hydrogen) atoms. The maximum Gasteiger partial charge on any atom is 0.392 e. The third-order valence-corrected chi connectivity index (χ3v) is 5.19. The van der Waals surface area contributed by atoms with Crippen LogP contribution in [0.15, 0.2) is 54.6 Å². The van der Waals surface area contributed by atoms with Crippen LogP contribution in [0.5, 0.6) is 0 Å². The van der Waals surface area contributed by atoms with Crippen molar-refractivity contribution in [3.63, 3.8) is 0 Å². The van der Waals surface area contributed by atoms with E-state index in [0.717, 1.165) is 11.1 Å². The number of aryl methyl sites for hydroxylation is 1. The maximum atomic E-state index is 13.2. The molecule has 1 spiro atoms. The summed E-state index contributed by atoms with van der Waals surface area (Å²) in [4.78, 5) is 14.2. The van der Waals surface area contributed by atoms with Crippen molar-refractivity contribution in [1.82, 2.24) is 0 Å². The molecule has 1 heterocycles. The monoisotopic (exact) mass is 331 g/mol. The normalized spacial score (nSPS) is 28.8. The molecule has 1 amide bonds. The Morgan fingerprint density at radius 1 is 1.04 bits per heavy atom. The summed E-state index contributed by atoms with van der Waals surface area (Å²) >= 11 is 0. The molecule has 0 bridgehead atoms. The summed E-state index contributed by atoms with van der Waals surface area (Å²) < 4.78 is 39.7. The van der Waals surface area contributed by atoms with Crippen LogP contribution in [0.2, 0.25) is 0 Å². The van der Waals surface area contributed by atoms with Crippen molar-refractivity contribution < 1.29 is 18.0 Å². The van der Waals surface area contributed by atoms with Crippen LogP contribution < -0.4 is 4.90 Å². The third-order valence-electron chi connectivity index (χ3n) is 5.19. The molecule has 5 heteroatoms. The van der Waals surface area contributed by atoms with Gasteiger partial charge in [0.05, 0.1) is 17.4 Å². The quantitative estimate of drug-likeness (QED) is 0.734. The van der Waals surface area contributed by atoms with Gasteiger partial charge in [-0.1, -0.05) is 48.0 Å². The van der Waals surface area contributed by atoms with Crippen LogP contribution in [0.3, 0.4) is 0 Å². The molecule has 1 aliphatic carbocycles. The van der Waals surface area contributed by atoms with Crippen molar-refractivity contribution in [3.8, 4) is 0 Å². The third kappa shape index (κ3) is 2.00. The van der Waals surface area contributed by atoms with E-state index in [2.05, 4.69) is 0 Å². The van der Waals surface area contributed by atoms with Gasteiger partial charge in [0.25, 0.3) is 0 Å². The van der Waals surface area contributed by atoms with E-state index in [1.54, 1.807) is 36.4 Å². The standard InChI is InChI=1S/C19H16F3NO/c1-12-7-9-14(10-8-12)23-16(13-5-3-2-4-6-13)18(17(23)24)11-15(18)19(20,21)22/h2-10,15-16H,11H2,1H3/t15?,16-,18-/m1/s1. The maximum absolute atomic E-state index is 13.2. The predicted molar refractivity (Wildman–Crippen MR) is 84.4 cm³/mol. The Morgan fingerprint density at radius 3 is 2.21 bits per heavy atom. The molecule has 0 aromatic heterocycles. The number of halogens is 3. The van der Waals surface area contributed by atoms with Gasteiger partial charge in [0.15, 0.2) is 0 Å². The lowest BCUT2D eigenvalue weighted by atomic mass is 9.76. The average molecular weight is 331 g/mol. The topological polar surface area (TPSA) is 20.3 Å². The number of alkyl halides is 3. The van der Waals surface area contributed by atoms with Crippen molar-refractivity contribution in [3.05, 3.63) is 65.7 Å². The summed E-state index contributed by atoms with van der Waals surface area (Å²) in [5.41, 5.74) is 1.13. The highest BCUT2D eigenvalue weighted by Crippen LogP contribution is 2.73. The molecule has 4 rings (SSSR count). The molecular formula is C19H16F3NO. The smallest absolute Gasteiger partial charge is 0.303 e. The first-order valence-corrected chi connectivity index (χ1v) is 7.88. The number of rotatable bonds is 2. The van der Waals surface area contributed by atoms with Crippen LogP contribution in [-0.4, -0.2) is 12.1 Å². The van der Waals surface area contributed by atoms with Gasteiger partial charge in [0, 0.05) is 5.69 Å². The minimum absolute atomic E-state index is 0.114. The molecular weight excluding hydrogens is 315 g/mol. The van der Waals surface area contributed by atoms with Gasteiger partial charge < -0.3 is 4.90 Å². The first-order valence-electron chi connectivity index (χ1n) is 7.88. The fourth-order valence-electron chi connectivity index (χ4n) is 3.90. The van der Waals surface area contributed by atoms with Crippen LogP contribution in [0.4, 0.5) is 18.9 Å².